The van der Waals surface area contributed by atoms with Crippen molar-refractivity contribution in [2.75, 3.05) is 19.8 Å². The highest BCUT2D eigenvalue weighted by Gasteiger charge is 2.28. The van der Waals surface area contributed by atoms with Crippen molar-refractivity contribution in [3.05, 3.63) is 60.8 Å². The van der Waals surface area contributed by atoms with E-state index in [1.54, 1.807) is 0 Å². The monoisotopic (exact) mass is 894 g/mol. The number of carboxylic acids is 1. The Labute approximate surface area is 377 Å². The first kappa shape index (κ1) is 59.2. The van der Waals surface area contributed by atoms with Crippen LogP contribution in [-0.4, -0.2) is 59.9 Å². The van der Waals surface area contributed by atoms with E-state index in [2.05, 4.69) is 79.1 Å². The standard InChI is InChI=1S/C50H88NO10P/c1-3-5-7-9-11-13-15-17-19-21-22-23-24-26-27-29-31-33-35-37-39-41-48(52)58-43-46(44-59-62(56,57)60-45-47(51)50(54)55)61-49(53)42-40-38-36-34-32-30-28-25-20-18-16-14-12-10-8-6-4-2/h6,8,12,14,18,20-22,28,30,46-47H,3-5,7,9-11,13,15-17,19,23-27,29,31-45,51H2,1-2H3,(H,54,55)(H,56,57)/b8-6-,14-12-,20-18-,22-21-,30-28-. The van der Waals surface area contributed by atoms with Crippen LogP contribution in [0.1, 0.15) is 206 Å². The number of unbranched alkanes of at least 4 members (excludes halogenated alkanes) is 21. The van der Waals surface area contributed by atoms with Gasteiger partial charge in [-0.05, 0) is 77.0 Å². The second kappa shape index (κ2) is 44.8. The minimum atomic E-state index is -4.73. The molecule has 11 nitrogen and oxygen atoms in total. The third-order valence-electron chi connectivity index (χ3n) is 10.2. The van der Waals surface area contributed by atoms with Crippen LogP contribution in [0.2, 0.25) is 0 Å². The Bertz CT molecular complexity index is 1280. The first-order chi connectivity index (χ1) is 30.1. The minimum absolute atomic E-state index is 0.131. The lowest BCUT2D eigenvalue weighted by Gasteiger charge is -2.20. The van der Waals surface area contributed by atoms with Crippen molar-refractivity contribution in [1.82, 2.24) is 0 Å². The number of ether oxygens (including phenoxy) is 2. The number of phosphoric ester groups is 1. The number of aliphatic carboxylic acids is 1. The molecule has 0 radical (unpaired) electrons. The lowest BCUT2D eigenvalue weighted by molar-refractivity contribution is -0.161. The van der Waals surface area contributed by atoms with Crippen LogP contribution in [0.3, 0.4) is 0 Å². The van der Waals surface area contributed by atoms with Gasteiger partial charge in [-0.3, -0.25) is 23.4 Å². The van der Waals surface area contributed by atoms with E-state index in [0.717, 1.165) is 70.6 Å². The molecule has 0 rings (SSSR count). The number of nitrogens with two attached hydrogens (primary N) is 1. The zero-order valence-electron chi connectivity index (χ0n) is 38.9. The van der Waals surface area contributed by atoms with Gasteiger partial charge in [-0.15, -0.1) is 0 Å². The fraction of sp³-hybridized carbons (Fsp3) is 0.740. The number of carboxylic acid groups (broad SMARTS) is 1. The summed E-state index contributed by atoms with van der Waals surface area (Å²) in [6.07, 6.45) is 52.8. The molecule has 12 heteroatoms. The zero-order valence-corrected chi connectivity index (χ0v) is 39.8. The molecule has 0 amide bonds. The van der Waals surface area contributed by atoms with Crippen molar-refractivity contribution >= 4 is 25.7 Å². The quantitative estimate of drug-likeness (QED) is 0.0230. The highest BCUT2D eigenvalue weighted by molar-refractivity contribution is 7.47. The number of carbonyl (C=O) groups is 3. The topological polar surface area (TPSA) is 172 Å². The van der Waals surface area contributed by atoms with E-state index in [4.69, 9.17) is 24.8 Å². The summed E-state index contributed by atoms with van der Waals surface area (Å²) in [5.41, 5.74) is 5.34. The second-order valence-corrected chi connectivity index (χ2v) is 17.7. The largest absolute Gasteiger partial charge is 0.480 e. The molecule has 0 aliphatic rings. The number of phosphoric acid groups is 1. The van der Waals surface area contributed by atoms with Gasteiger partial charge >= 0.3 is 25.7 Å². The van der Waals surface area contributed by atoms with Crippen molar-refractivity contribution in [1.29, 1.82) is 0 Å². The van der Waals surface area contributed by atoms with E-state index < -0.39 is 51.1 Å². The number of esters is 2. The molecular formula is C50H88NO10P. The molecule has 3 unspecified atom stereocenters. The van der Waals surface area contributed by atoms with Gasteiger partial charge < -0.3 is 25.2 Å². The highest BCUT2D eigenvalue weighted by Crippen LogP contribution is 2.43. The predicted octanol–water partition coefficient (Wildman–Crippen LogP) is 13.5. The Balaban J connectivity index is 4.31. The van der Waals surface area contributed by atoms with Crippen molar-refractivity contribution in [3.8, 4) is 0 Å². The Hall–Kier alpha value is -2.82. The van der Waals surface area contributed by atoms with Crippen LogP contribution in [0.15, 0.2) is 60.8 Å². The average molecular weight is 894 g/mol. The molecule has 4 N–H and O–H groups in total. The van der Waals surface area contributed by atoms with Gasteiger partial charge in [0.2, 0.25) is 0 Å². The maximum atomic E-state index is 12.7. The van der Waals surface area contributed by atoms with Crippen molar-refractivity contribution in [3.63, 3.8) is 0 Å². The van der Waals surface area contributed by atoms with Gasteiger partial charge in [0, 0.05) is 12.8 Å². The first-order valence-electron chi connectivity index (χ1n) is 24.3. The van der Waals surface area contributed by atoms with E-state index in [1.807, 2.05) is 0 Å². The molecule has 0 aliphatic carbocycles. The molecule has 0 aliphatic heterocycles. The van der Waals surface area contributed by atoms with Gasteiger partial charge in [0.1, 0.15) is 12.6 Å². The molecule has 0 aromatic carbocycles. The summed E-state index contributed by atoms with van der Waals surface area (Å²) in [7, 11) is -4.73. The first-order valence-corrected chi connectivity index (χ1v) is 25.8. The molecule has 62 heavy (non-hydrogen) atoms. The van der Waals surface area contributed by atoms with Crippen LogP contribution in [0.4, 0.5) is 0 Å². The molecule has 0 fully saturated rings. The Kier molecular flexibility index (Phi) is 42.7. The average Bonchev–Trinajstić information content (AvgIpc) is 3.25. The SMILES string of the molecule is CC/C=C\C/C=C\C/C=C\C/C=C\CCCCCCC(=O)OC(COC(=O)CCCCCCCCCCC/C=C\CCCCCCCCCC)COP(=O)(O)OCC(N)C(=O)O. The Morgan fingerprint density at radius 2 is 0.903 bits per heavy atom. The molecule has 3 atom stereocenters. The smallest absolute Gasteiger partial charge is 0.472 e. The molecule has 0 saturated heterocycles. The van der Waals surface area contributed by atoms with Crippen molar-refractivity contribution < 1.29 is 47.5 Å². The zero-order chi connectivity index (χ0) is 45.6. The molecule has 0 aromatic rings. The molecule has 0 heterocycles. The molecule has 358 valence electrons. The summed E-state index contributed by atoms with van der Waals surface area (Å²) < 4.78 is 32.8. The van der Waals surface area contributed by atoms with Gasteiger partial charge in [-0.2, -0.15) is 0 Å². The minimum Gasteiger partial charge on any atom is -0.480 e. The van der Waals surface area contributed by atoms with Crippen LogP contribution < -0.4 is 5.73 Å². The highest BCUT2D eigenvalue weighted by atomic mass is 31.2. The second-order valence-electron chi connectivity index (χ2n) is 16.2. The summed E-state index contributed by atoms with van der Waals surface area (Å²) >= 11 is 0. The van der Waals surface area contributed by atoms with E-state index in [9.17, 15) is 23.8 Å². The van der Waals surface area contributed by atoms with Crippen LogP contribution in [0.25, 0.3) is 0 Å². The van der Waals surface area contributed by atoms with Crippen LogP contribution >= 0.6 is 7.82 Å². The summed E-state index contributed by atoms with van der Waals surface area (Å²) in [5, 5.41) is 8.91. The van der Waals surface area contributed by atoms with Crippen LogP contribution in [0.5, 0.6) is 0 Å². The number of rotatable bonds is 45. The van der Waals surface area contributed by atoms with E-state index >= 15 is 0 Å². The fourth-order valence-electron chi connectivity index (χ4n) is 6.46. The van der Waals surface area contributed by atoms with Crippen molar-refractivity contribution in [2.24, 2.45) is 5.73 Å². The summed E-state index contributed by atoms with van der Waals surface area (Å²) in [5.74, 6) is -2.41. The lowest BCUT2D eigenvalue weighted by Crippen LogP contribution is -2.34. The molecule has 0 bridgehead atoms. The van der Waals surface area contributed by atoms with Gasteiger partial charge in [-0.1, -0.05) is 177 Å². The maximum Gasteiger partial charge on any atom is 0.472 e. The maximum absolute atomic E-state index is 12.7. The normalized spacial score (nSPS) is 14.1. The summed E-state index contributed by atoms with van der Waals surface area (Å²) in [4.78, 5) is 46.1. The van der Waals surface area contributed by atoms with Gasteiger partial charge in [0.25, 0.3) is 0 Å². The van der Waals surface area contributed by atoms with Gasteiger partial charge in [-0.25, -0.2) is 4.57 Å². The van der Waals surface area contributed by atoms with Crippen LogP contribution in [-0.2, 0) is 37.5 Å². The molecular weight excluding hydrogens is 806 g/mol. The Morgan fingerprint density at radius 3 is 1.37 bits per heavy atom. The molecule has 0 aromatic heterocycles. The molecule has 0 saturated carbocycles. The van der Waals surface area contributed by atoms with E-state index in [1.165, 1.54) is 96.3 Å². The number of hydrogen-bond acceptors (Lipinski definition) is 9. The third kappa shape index (κ3) is 43.8. The third-order valence-corrected chi connectivity index (χ3v) is 11.2. The fourth-order valence-corrected chi connectivity index (χ4v) is 7.24. The summed E-state index contributed by atoms with van der Waals surface area (Å²) in [6, 6.07) is -1.53. The number of carbonyl (C=O) groups excluding carboxylic acids is 2. The Morgan fingerprint density at radius 1 is 0.516 bits per heavy atom. The number of hydrogen-bond donors (Lipinski definition) is 3. The molecule has 0 spiro atoms. The van der Waals surface area contributed by atoms with E-state index in [0.29, 0.717) is 12.8 Å². The number of allylic oxidation sites excluding steroid dienone is 10. The van der Waals surface area contributed by atoms with Gasteiger partial charge in [0.05, 0.1) is 13.2 Å². The van der Waals surface area contributed by atoms with Gasteiger partial charge in [0.15, 0.2) is 6.10 Å². The van der Waals surface area contributed by atoms with Crippen LogP contribution in [0, 0.1) is 0 Å². The predicted molar refractivity (Wildman–Crippen MR) is 254 cm³/mol. The van der Waals surface area contributed by atoms with Crippen molar-refractivity contribution in [2.45, 2.75) is 219 Å². The summed E-state index contributed by atoms with van der Waals surface area (Å²) in [6.45, 7) is 2.68. The lowest BCUT2D eigenvalue weighted by atomic mass is 10.1. The van der Waals surface area contributed by atoms with E-state index in [-0.39, 0.29) is 19.4 Å².